The Hall–Kier alpha value is -0.770. The highest BCUT2D eigenvalue weighted by Crippen LogP contribution is 1.93. The molecule has 4 heteroatoms. The first-order valence-electron chi connectivity index (χ1n) is 5.49. The van der Waals surface area contributed by atoms with Gasteiger partial charge in [-0.25, -0.2) is 4.79 Å². The molecule has 0 aromatic carbocycles. The lowest BCUT2D eigenvalue weighted by molar-refractivity contribution is 0.203. The van der Waals surface area contributed by atoms with E-state index in [2.05, 4.69) is 5.32 Å². The molecule has 0 radical (unpaired) electrons. The van der Waals surface area contributed by atoms with Crippen molar-refractivity contribution in [1.29, 1.82) is 0 Å². The molecule has 0 aromatic heterocycles. The van der Waals surface area contributed by atoms with Gasteiger partial charge in [-0.3, -0.25) is 0 Å². The molecule has 0 aliphatic heterocycles. The number of nitrogens with two attached hydrogens (primary N) is 1. The van der Waals surface area contributed by atoms with E-state index in [0.717, 1.165) is 45.4 Å². The van der Waals surface area contributed by atoms with Gasteiger partial charge in [0.05, 0.1) is 0 Å². The van der Waals surface area contributed by atoms with Crippen LogP contribution in [-0.2, 0) is 0 Å². The van der Waals surface area contributed by atoms with Gasteiger partial charge in [0.25, 0.3) is 0 Å². The Bertz CT molecular complexity index is 146. The largest absolute Gasteiger partial charge is 0.338 e. The van der Waals surface area contributed by atoms with Crippen LogP contribution in [-0.4, -0.2) is 37.1 Å². The lowest BCUT2D eigenvalue weighted by Crippen LogP contribution is -2.40. The Balaban J connectivity index is 3.43. The lowest BCUT2D eigenvalue weighted by atomic mass is 10.2. The third kappa shape index (κ3) is 5.80. The van der Waals surface area contributed by atoms with Gasteiger partial charge < -0.3 is 16.0 Å². The van der Waals surface area contributed by atoms with Crippen molar-refractivity contribution in [3.05, 3.63) is 0 Å². The SMILES string of the molecule is CCN(CC)C(=O)NCCCCCN. The number of amides is 2. The van der Waals surface area contributed by atoms with Crippen molar-refractivity contribution in [3.8, 4) is 0 Å². The maximum atomic E-state index is 11.4. The summed E-state index contributed by atoms with van der Waals surface area (Å²) in [5.74, 6) is 0. The fraction of sp³-hybridized carbons (Fsp3) is 0.900. The van der Waals surface area contributed by atoms with E-state index in [1.165, 1.54) is 0 Å². The molecule has 0 aromatic rings. The molecule has 3 N–H and O–H groups in total. The van der Waals surface area contributed by atoms with E-state index in [-0.39, 0.29) is 6.03 Å². The predicted octanol–water partition coefficient (Wildman–Crippen LogP) is 1.17. The Labute approximate surface area is 86.8 Å². The average Bonchev–Trinajstić information content (AvgIpc) is 2.19. The van der Waals surface area contributed by atoms with E-state index >= 15 is 0 Å². The molecule has 0 aliphatic rings. The summed E-state index contributed by atoms with van der Waals surface area (Å²) in [7, 11) is 0. The predicted molar refractivity (Wildman–Crippen MR) is 59.2 cm³/mol. The lowest BCUT2D eigenvalue weighted by Gasteiger charge is -2.19. The van der Waals surface area contributed by atoms with Crippen molar-refractivity contribution < 1.29 is 4.79 Å². The van der Waals surface area contributed by atoms with Crippen LogP contribution in [0.1, 0.15) is 33.1 Å². The van der Waals surface area contributed by atoms with E-state index < -0.39 is 0 Å². The summed E-state index contributed by atoms with van der Waals surface area (Å²) < 4.78 is 0. The summed E-state index contributed by atoms with van der Waals surface area (Å²) in [6.07, 6.45) is 3.15. The molecule has 0 saturated carbocycles. The molecule has 84 valence electrons. The van der Waals surface area contributed by atoms with Crippen LogP contribution in [0, 0.1) is 0 Å². The Morgan fingerprint density at radius 2 is 1.86 bits per heavy atom. The van der Waals surface area contributed by atoms with Gasteiger partial charge in [0, 0.05) is 19.6 Å². The van der Waals surface area contributed by atoms with Gasteiger partial charge in [-0.15, -0.1) is 0 Å². The van der Waals surface area contributed by atoms with E-state index in [1.807, 2.05) is 13.8 Å². The normalized spacial score (nSPS) is 9.93. The van der Waals surface area contributed by atoms with E-state index in [4.69, 9.17) is 5.73 Å². The molecule has 14 heavy (non-hydrogen) atoms. The molecule has 4 nitrogen and oxygen atoms in total. The molecule has 0 heterocycles. The molecule has 0 rings (SSSR count). The molecular weight excluding hydrogens is 178 g/mol. The highest BCUT2D eigenvalue weighted by Gasteiger charge is 2.06. The Morgan fingerprint density at radius 1 is 1.21 bits per heavy atom. The van der Waals surface area contributed by atoms with Crippen LogP contribution < -0.4 is 11.1 Å². The second kappa shape index (κ2) is 8.81. The molecule has 0 atom stereocenters. The Morgan fingerprint density at radius 3 is 2.36 bits per heavy atom. The van der Waals surface area contributed by atoms with Gasteiger partial charge in [0.2, 0.25) is 0 Å². The summed E-state index contributed by atoms with van der Waals surface area (Å²) in [5, 5.41) is 2.89. The van der Waals surface area contributed by atoms with Gasteiger partial charge in [0.15, 0.2) is 0 Å². The van der Waals surface area contributed by atoms with Crippen LogP contribution in [0.2, 0.25) is 0 Å². The van der Waals surface area contributed by atoms with Crippen LogP contribution in [0.4, 0.5) is 4.79 Å². The number of rotatable bonds is 7. The average molecular weight is 201 g/mol. The zero-order valence-electron chi connectivity index (χ0n) is 9.38. The number of nitrogens with one attached hydrogen (secondary N) is 1. The maximum absolute atomic E-state index is 11.4. The summed E-state index contributed by atoms with van der Waals surface area (Å²) in [6.45, 7) is 7.00. The zero-order chi connectivity index (χ0) is 10.8. The smallest absolute Gasteiger partial charge is 0.317 e. The molecular formula is C10H23N3O. The minimum Gasteiger partial charge on any atom is -0.338 e. The monoisotopic (exact) mass is 201 g/mol. The van der Waals surface area contributed by atoms with Gasteiger partial charge in [0.1, 0.15) is 0 Å². The van der Waals surface area contributed by atoms with E-state index in [9.17, 15) is 4.79 Å². The number of carbonyl (C=O) groups is 1. The van der Waals surface area contributed by atoms with Crippen molar-refractivity contribution in [2.45, 2.75) is 33.1 Å². The van der Waals surface area contributed by atoms with E-state index in [1.54, 1.807) is 4.90 Å². The standard InChI is InChI=1S/C10H23N3O/c1-3-13(4-2)10(14)12-9-7-5-6-8-11/h3-9,11H2,1-2H3,(H,12,14). The Kier molecular flexibility index (Phi) is 8.33. The van der Waals surface area contributed by atoms with E-state index in [0.29, 0.717) is 0 Å². The quantitative estimate of drug-likeness (QED) is 0.607. The number of hydrogen-bond donors (Lipinski definition) is 2. The number of unbranched alkanes of at least 4 members (excludes halogenated alkanes) is 2. The van der Waals surface area contributed by atoms with Crippen molar-refractivity contribution >= 4 is 6.03 Å². The van der Waals surface area contributed by atoms with Gasteiger partial charge in [-0.1, -0.05) is 6.42 Å². The molecule has 0 bridgehead atoms. The number of carbonyl (C=O) groups excluding carboxylic acids is 1. The second-order valence-electron chi connectivity index (χ2n) is 3.25. The number of hydrogen-bond acceptors (Lipinski definition) is 2. The van der Waals surface area contributed by atoms with Gasteiger partial charge >= 0.3 is 6.03 Å². The molecule has 0 spiro atoms. The highest BCUT2D eigenvalue weighted by atomic mass is 16.2. The molecule has 0 fully saturated rings. The highest BCUT2D eigenvalue weighted by molar-refractivity contribution is 5.73. The van der Waals surface area contributed by atoms with Crippen LogP contribution in [0.15, 0.2) is 0 Å². The van der Waals surface area contributed by atoms with Crippen molar-refractivity contribution in [1.82, 2.24) is 10.2 Å². The second-order valence-corrected chi connectivity index (χ2v) is 3.25. The van der Waals surface area contributed by atoms with Crippen molar-refractivity contribution in [2.75, 3.05) is 26.2 Å². The first kappa shape index (κ1) is 13.2. The fourth-order valence-electron chi connectivity index (χ4n) is 1.26. The molecule has 0 unspecified atom stereocenters. The summed E-state index contributed by atoms with van der Waals surface area (Å²) in [4.78, 5) is 13.2. The molecule has 0 aliphatic carbocycles. The van der Waals surface area contributed by atoms with Crippen LogP contribution in [0.25, 0.3) is 0 Å². The first-order valence-corrected chi connectivity index (χ1v) is 5.49. The summed E-state index contributed by atoms with van der Waals surface area (Å²) >= 11 is 0. The van der Waals surface area contributed by atoms with Crippen LogP contribution in [0.3, 0.4) is 0 Å². The third-order valence-electron chi connectivity index (χ3n) is 2.21. The van der Waals surface area contributed by atoms with Crippen molar-refractivity contribution in [2.24, 2.45) is 5.73 Å². The topological polar surface area (TPSA) is 58.4 Å². The van der Waals surface area contributed by atoms with Gasteiger partial charge in [-0.2, -0.15) is 0 Å². The third-order valence-corrected chi connectivity index (χ3v) is 2.21. The maximum Gasteiger partial charge on any atom is 0.317 e. The van der Waals surface area contributed by atoms with Crippen molar-refractivity contribution in [3.63, 3.8) is 0 Å². The molecule has 0 saturated heterocycles. The van der Waals surface area contributed by atoms with Crippen LogP contribution >= 0.6 is 0 Å². The zero-order valence-corrected chi connectivity index (χ0v) is 9.38. The van der Waals surface area contributed by atoms with Gasteiger partial charge in [-0.05, 0) is 33.2 Å². The summed E-state index contributed by atoms with van der Waals surface area (Å²) in [5.41, 5.74) is 5.37. The molecule has 2 amide bonds. The number of nitrogens with zero attached hydrogens (tertiary/aromatic N) is 1. The van der Waals surface area contributed by atoms with Crippen LogP contribution in [0.5, 0.6) is 0 Å². The fourth-order valence-corrected chi connectivity index (χ4v) is 1.26. The number of urea groups is 1. The summed E-state index contributed by atoms with van der Waals surface area (Å²) in [6, 6.07) is 0.0442. The minimum atomic E-state index is 0.0442. The first-order chi connectivity index (χ1) is 6.76. The minimum absolute atomic E-state index is 0.0442.